The van der Waals surface area contributed by atoms with Gasteiger partial charge in [0.1, 0.15) is 5.75 Å². The van der Waals surface area contributed by atoms with Crippen molar-refractivity contribution in [2.45, 2.75) is 58.9 Å². The number of benzene rings is 1. The Kier molecular flexibility index (Phi) is 8.10. The molecule has 4 nitrogen and oxygen atoms in total. The molecule has 1 atom stereocenters. The van der Waals surface area contributed by atoms with Crippen LogP contribution < -0.4 is 15.4 Å². The van der Waals surface area contributed by atoms with Gasteiger partial charge in [-0.3, -0.25) is 4.79 Å². The molecule has 1 aliphatic heterocycles. The minimum atomic E-state index is 0.138. The number of amides is 1. The van der Waals surface area contributed by atoms with Gasteiger partial charge in [-0.2, -0.15) is 0 Å². The number of carbonyl (C=O) groups excluding carboxylic acids is 1. The molecule has 1 aliphatic rings. The van der Waals surface area contributed by atoms with E-state index in [9.17, 15) is 4.79 Å². The number of nitrogens with one attached hydrogen (secondary N) is 2. The zero-order valence-corrected chi connectivity index (χ0v) is 15.2. The maximum Gasteiger partial charge on any atom is 0.220 e. The molecule has 0 saturated carbocycles. The predicted octanol–water partition coefficient (Wildman–Crippen LogP) is 3.57. The van der Waals surface area contributed by atoms with Crippen LogP contribution in [0.15, 0.2) is 18.2 Å². The van der Waals surface area contributed by atoms with Gasteiger partial charge in [-0.15, -0.1) is 0 Å². The first-order valence-corrected chi connectivity index (χ1v) is 9.38. The van der Waals surface area contributed by atoms with Gasteiger partial charge in [0, 0.05) is 18.5 Å². The lowest BCUT2D eigenvalue weighted by Gasteiger charge is -2.14. The van der Waals surface area contributed by atoms with Gasteiger partial charge in [0.25, 0.3) is 0 Å². The van der Waals surface area contributed by atoms with E-state index in [4.69, 9.17) is 4.74 Å². The number of ether oxygens (including phenoxy) is 1. The molecule has 134 valence electrons. The maximum atomic E-state index is 12.1. The largest absolute Gasteiger partial charge is 0.493 e. The second-order valence-electron chi connectivity index (χ2n) is 6.84. The molecular formula is C20H32N2O2. The van der Waals surface area contributed by atoms with Gasteiger partial charge in [-0.1, -0.05) is 31.9 Å². The lowest BCUT2D eigenvalue weighted by Crippen LogP contribution is -2.24. The summed E-state index contributed by atoms with van der Waals surface area (Å²) in [6, 6.07) is 6.20. The van der Waals surface area contributed by atoms with Gasteiger partial charge in [-0.25, -0.2) is 0 Å². The molecule has 0 radical (unpaired) electrons. The highest BCUT2D eigenvalue weighted by Crippen LogP contribution is 2.21. The highest BCUT2D eigenvalue weighted by atomic mass is 16.5. The maximum absolute atomic E-state index is 12.1. The highest BCUT2D eigenvalue weighted by molar-refractivity contribution is 5.75. The molecule has 2 N–H and O–H groups in total. The Hall–Kier alpha value is -1.55. The highest BCUT2D eigenvalue weighted by Gasteiger charge is 2.15. The minimum Gasteiger partial charge on any atom is -0.493 e. The molecule has 0 aromatic heterocycles. The lowest BCUT2D eigenvalue weighted by atomic mass is 10.0. The van der Waals surface area contributed by atoms with E-state index in [2.05, 4.69) is 42.7 Å². The van der Waals surface area contributed by atoms with Crippen LogP contribution in [0.25, 0.3) is 0 Å². The van der Waals surface area contributed by atoms with Crippen molar-refractivity contribution in [1.82, 2.24) is 10.6 Å². The van der Waals surface area contributed by atoms with Crippen LogP contribution in [0.5, 0.6) is 5.75 Å². The van der Waals surface area contributed by atoms with Crippen molar-refractivity contribution in [3.8, 4) is 5.75 Å². The number of rotatable bonds is 10. The summed E-state index contributed by atoms with van der Waals surface area (Å²) < 4.78 is 5.93. The second kappa shape index (κ2) is 10.3. The van der Waals surface area contributed by atoms with Gasteiger partial charge in [-0.05, 0) is 56.8 Å². The summed E-state index contributed by atoms with van der Waals surface area (Å²) in [5.74, 6) is 1.71. The fourth-order valence-electron chi connectivity index (χ4n) is 3.05. The molecule has 1 aromatic rings. The normalized spacial score (nSPS) is 17.0. The van der Waals surface area contributed by atoms with E-state index < -0.39 is 0 Å². The topological polar surface area (TPSA) is 50.4 Å². The van der Waals surface area contributed by atoms with Crippen molar-refractivity contribution < 1.29 is 9.53 Å². The standard InChI is InChI=1S/C20H32N2O2/c1-3-4-5-12-24-19-13-16(2)6-8-18(19)15-22-20(23)9-7-17-10-11-21-14-17/h6,8,13,17,21H,3-5,7,9-12,14-15H2,1-2H3,(H,22,23). The van der Waals surface area contributed by atoms with Crippen LogP contribution in [0.4, 0.5) is 0 Å². The molecule has 4 heteroatoms. The first-order valence-electron chi connectivity index (χ1n) is 9.38. The molecule has 1 unspecified atom stereocenters. The molecule has 0 bridgehead atoms. The van der Waals surface area contributed by atoms with Gasteiger partial charge in [0.2, 0.25) is 5.91 Å². The number of unbranched alkanes of at least 4 members (excludes halogenated alkanes) is 2. The molecule has 0 aliphatic carbocycles. The Labute approximate surface area is 146 Å². The molecule has 24 heavy (non-hydrogen) atoms. The molecule has 1 amide bonds. The molecule has 1 heterocycles. The van der Waals surface area contributed by atoms with Crippen LogP contribution in [0, 0.1) is 12.8 Å². The predicted molar refractivity (Wildman–Crippen MR) is 98.3 cm³/mol. The Morgan fingerprint density at radius 3 is 3.00 bits per heavy atom. The summed E-state index contributed by atoms with van der Waals surface area (Å²) in [6.45, 7) is 7.69. The van der Waals surface area contributed by atoms with Crippen molar-refractivity contribution in [2.24, 2.45) is 5.92 Å². The zero-order valence-electron chi connectivity index (χ0n) is 15.2. The third-order valence-corrected chi connectivity index (χ3v) is 4.65. The average molecular weight is 332 g/mol. The summed E-state index contributed by atoms with van der Waals surface area (Å²) in [5.41, 5.74) is 2.25. The summed E-state index contributed by atoms with van der Waals surface area (Å²) in [6.07, 6.45) is 6.25. The molecule has 1 saturated heterocycles. The molecule has 2 rings (SSSR count). The second-order valence-corrected chi connectivity index (χ2v) is 6.84. The van der Waals surface area contributed by atoms with Crippen LogP contribution in [0.2, 0.25) is 0 Å². The fraction of sp³-hybridized carbons (Fsp3) is 0.650. The van der Waals surface area contributed by atoms with Gasteiger partial charge < -0.3 is 15.4 Å². The van der Waals surface area contributed by atoms with Crippen molar-refractivity contribution in [3.63, 3.8) is 0 Å². The van der Waals surface area contributed by atoms with Crippen LogP contribution >= 0.6 is 0 Å². The van der Waals surface area contributed by atoms with E-state index >= 15 is 0 Å². The Bertz CT molecular complexity index is 510. The molecule has 1 aromatic carbocycles. The van der Waals surface area contributed by atoms with Crippen molar-refractivity contribution >= 4 is 5.91 Å². The quantitative estimate of drug-likeness (QED) is 0.644. The third-order valence-electron chi connectivity index (χ3n) is 4.65. The summed E-state index contributed by atoms with van der Waals surface area (Å²) >= 11 is 0. The van der Waals surface area contributed by atoms with E-state index in [1.807, 2.05) is 0 Å². The van der Waals surface area contributed by atoms with Crippen molar-refractivity contribution in [1.29, 1.82) is 0 Å². The zero-order chi connectivity index (χ0) is 17.2. The van der Waals surface area contributed by atoms with Crippen LogP contribution in [0.1, 0.15) is 56.6 Å². The number of carbonyl (C=O) groups is 1. The Morgan fingerprint density at radius 2 is 2.25 bits per heavy atom. The van der Waals surface area contributed by atoms with Crippen molar-refractivity contribution in [3.05, 3.63) is 29.3 Å². The molecule has 0 spiro atoms. The monoisotopic (exact) mass is 332 g/mol. The van der Waals surface area contributed by atoms with Crippen LogP contribution in [-0.2, 0) is 11.3 Å². The lowest BCUT2D eigenvalue weighted by molar-refractivity contribution is -0.121. The summed E-state index contributed by atoms with van der Waals surface area (Å²) in [4.78, 5) is 12.1. The average Bonchev–Trinajstić information content (AvgIpc) is 3.09. The van der Waals surface area contributed by atoms with Gasteiger partial charge in [0.05, 0.1) is 6.61 Å². The molecule has 1 fully saturated rings. The smallest absolute Gasteiger partial charge is 0.220 e. The Morgan fingerprint density at radius 1 is 1.38 bits per heavy atom. The number of hydrogen-bond acceptors (Lipinski definition) is 3. The number of aryl methyl sites for hydroxylation is 1. The minimum absolute atomic E-state index is 0.138. The first-order chi connectivity index (χ1) is 11.7. The van der Waals surface area contributed by atoms with Gasteiger partial charge in [0.15, 0.2) is 0 Å². The number of hydrogen-bond donors (Lipinski definition) is 2. The van der Waals surface area contributed by atoms with E-state index in [-0.39, 0.29) is 5.91 Å². The van der Waals surface area contributed by atoms with E-state index in [0.29, 0.717) is 18.9 Å². The summed E-state index contributed by atoms with van der Waals surface area (Å²) in [5, 5.41) is 6.39. The third kappa shape index (κ3) is 6.52. The SMILES string of the molecule is CCCCCOc1cc(C)ccc1CNC(=O)CCC1CCNC1. The molecular weight excluding hydrogens is 300 g/mol. The first kappa shape index (κ1) is 18.8. The van der Waals surface area contributed by atoms with Gasteiger partial charge >= 0.3 is 0 Å². The Balaban J connectivity index is 1.78. The van der Waals surface area contributed by atoms with E-state index in [1.165, 1.54) is 24.8 Å². The van der Waals surface area contributed by atoms with Crippen LogP contribution in [0.3, 0.4) is 0 Å². The van der Waals surface area contributed by atoms with E-state index in [1.54, 1.807) is 0 Å². The fourth-order valence-corrected chi connectivity index (χ4v) is 3.05. The van der Waals surface area contributed by atoms with Crippen molar-refractivity contribution in [2.75, 3.05) is 19.7 Å². The summed E-state index contributed by atoms with van der Waals surface area (Å²) in [7, 11) is 0. The van der Waals surface area contributed by atoms with Crippen LogP contribution in [-0.4, -0.2) is 25.6 Å². The van der Waals surface area contributed by atoms with E-state index in [0.717, 1.165) is 43.9 Å².